The predicted molar refractivity (Wildman–Crippen MR) is 80.7 cm³/mol. The van der Waals surface area contributed by atoms with Gasteiger partial charge in [0.15, 0.2) is 0 Å². The number of nitrogens with one attached hydrogen (secondary N) is 1. The summed E-state index contributed by atoms with van der Waals surface area (Å²) in [4.78, 5) is 24.1. The summed E-state index contributed by atoms with van der Waals surface area (Å²) in [5, 5.41) is 12.6. The van der Waals surface area contributed by atoms with E-state index in [0.717, 1.165) is 4.90 Å². The molecule has 1 heterocycles. The Bertz CT molecular complexity index is 554. The minimum absolute atomic E-state index is 0.102. The Labute approximate surface area is 132 Å². The van der Waals surface area contributed by atoms with Gasteiger partial charge in [0.1, 0.15) is 5.41 Å². The second-order valence-corrected chi connectivity index (χ2v) is 6.50. The number of halogens is 1. The van der Waals surface area contributed by atoms with E-state index in [0.29, 0.717) is 5.02 Å². The maximum absolute atomic E-state index is 12.0. The lowest BCUT2D eigenvalue weighted by Gasteiger charge is -2.25. The lowest BCUT2D eigenvalue weighted by atomic mass is 9.85. The van der Waals surface area contributed by atoms with Gasteiger partial charge in [0.25, 0.3) is 0 Å². The molecule has 1 aromatic rings. The summed E-state index contributed by atoms with van der Waals surface area (Å²) in [6.45, 7) is 1.89. The van der Waals surface area contributed by atoms with Gasteiger partial charge < -0.3 is 15.2 Å². The number of aliphatic carboxylic acids is 1. The van der Waals surface area contributed by atoms with E-state index in [1.54, 1.807) is 13.0 Å². The van der Waals surface area contributed by atoms with E-state index in [2.05, 4.69) is 5.32 Å². The van der Waals surface area contributed by atoms with Crippen LogP contribution in [0.15, 0.2) is 29.2 Å². The van der Waals surface area contributed by atoms with Crippen LogP contribution in [-0.2, 0) is 14.3 Å². The summed E-state index contributed by atoms with van der Waals surface area (Å²) in [6, 6.07) is 6.74. The van der Waals surface area contributed by atoms with Gasteiger partial charge in [-0.25, -0.2) is 0 Å². The van der Waals surface area contributed by atoms with Crippen molar-refractivity contribution in [2.24, 2.45) is 5.41 Å². The van der Waals surface area contributed by atoms with Crippen LogP contribution in [-0.4, -0.2) is 42.0 Å². The molecule has 0 aromatic heterocycles. The third-order valence-electron chi connectivity index (χ3n) is 3.47. The van der Waals surface area contributed by atoms with Crippen molar-refractivity contribution in [3.05, 3.63) is 29.3 Å². The van der Waals surface area contributed by atoms with Crippen molar-refractivity contribution in [3.63, 3.8) is 0 Å². The average Bonchev–Trinajstić information content (AvgIpc) is 2.81. The van der Waals surface area contributed by atoms with Gasteiger partial charge in [-0.15, -0.1) is 11.8 Å². The molecule has 0 aliphatic carbocycles. The molecule has 2 rings (SSSR count). The first-order valence-corrected chi connectivity index (χ1v) is 7.77. The standard InChI is InChI=1S/C14H16ClNO4S/c1-14(13(18)19)8-20-6-11(14)16-12(17)7-21-10-5-3-2-4-9(10)15/h2-5,11H,6-8H2,1H3,(H,16,17)(H,18,19). The molecule has 5 nitrogen and oxygen atoms in total. The van der Waals surface area contributed by atoms with Crippen molar-refractivity contribution in [1.82, 2.24) is 5.32 Å². The second-order valence-electron chi connectivity index (χ2n) is 5.08. The number of carbonyl (C=O) groups is 2. The number of hydrogen-bond donors (Lipinski definition) is 2. The molecule has 7 heteroatoms. The largest absolute Gasteiger partial charge is 0.481 e. The number of carbonyl (C=O) groups excluding carboxylic acids is 1. The highest BCUT2D eigenvalue weighted by molar-refractivity contribution is 8.00. The molecule has 0 bridgehead atoms. The molecule has 1 amide bonds. The quantitative estimate of drug-likeness (QED) is 0.808. The fourth-order valence-electron chi connectivity index (χ4n) is 2.03. The summed E-state index contributed by atoms with van der Waals surface area (Å²) in [6.07, 6.45) is 0. The maximum atomic E-state index is 12.0. The number of ether oxygens (including phenoxy) is 1. The third-order valence-corrected chi connectivity index (χ3v) is 4.99. The normalized spacial score (nSPS) is 24.8. The Balaban J connectivity index is 1.90. The molecule has 0 spiro atoms. The van der Waals surface area contributed by atoms with E-state index in [1.807, 2.05) is 18.2 Å². The number of rotatable bonds is 5. The van der Waals surface area contributed by atoms with Crippen LogP contribution in [0.3, 0.4) is 0 Å². The fraction of sp³-hybridized carbons (Fsp3) is 0.429. The molecule has 1 aromatic carbocycles. The first kappa shape index (κ1) is 16.1. The predicted octanol–water partition coefficient (Wildman–Crippen LogP) is 2.04. The molecule has 2 N–H and O–H groups in total. The van der Waals surface area contributed by atoms with Crippen molar-refractivity contribution < 1.29 is 19.4 Å². The summed E-state index contributed by atoms with van der Waals surface area (Å²) in [5.74, 6) is -1.03. The van der Waals surface area contributed by atoms with Gasteiger partial charge in [-0.1, -0.05) is 23.7 Å². The zero-order valence-electron chi connectivity index (χ0n) is 11.5. The number of hydrogen-bond acceptors (Lipinski definition) is 4. The third kappa shape index (κ3) is 3.70. The SMILES string of the molecule is CC1(C(=O)O)COCC1NC(=O)CSc1ccccc1Cl. The average molecular weight is 330 g/mol. The minimum Gasteiger partial charge on any atom is -0.481 e. The van der Waals surface area contributed by atoms with E-state index in [4.69, 9.17) is 16.3 Å². The van der Waals surface area contributed by atoms with Gasteiger partial charge in [-0.05, 0) is 19.1 Å². The van der Waals surface area contributed by atoms with Crippen LogP contribution in [0.1, 0.15) is 6.92 Å². The van der Waals surface area contributed by atoms with Gasteiger partial charge in [-0.3, -0.25) is 9.59 Å². The smallest absolute Gasteiger partial charge is 0.313 e. The zero-order valence-corrected chi connectivity index (χ0v) is 13.0. The van der Waals surface area contributed by atoms with Gasteiger partial charge >= 0.3 is 5.97 Å². The molecule has 1 aliphatic heterocycles. The van der Waals surface area contributed by atoms with Crippen LogP contribution in [0.2, 0.25) is 5.02 Å². The topological polar surface area (TPSA) is 75.6 Å². The Hall–Kier alpha value is -1.24. The Kier molecular flexibility index (Phi) is 5.13. The minimum atomic E-state index is -1.08. The number of amides is 1. The maximum Gasteiger partial charge on any atom is 0.313 e. The number of carboxylic acid groups (broad SMARTS) is 1. The molecular weight excluding hydrogens is 314 g/mol. The molecule has 1 saturated heterocycles. The highest BCUT2D eigenvalue weighted by Crippen LogP contribution is 2.29. The van der Waals surface area contributed by atoms with Crippen molar-refractivity contribution in [3.8, 4) is 0 Å². The lowest BCUT2D eigenvalue weighted by Crippen LogP contribution is -2.50. The Morgan fingerprint density at radius 2 is 2.24 bits per heavy atom. The van der Waals surface area contributed by atoms with Crippen molar-refractivity contribution in [2.45, 2.75) is 17.9 Å². The van der Waals surface area contributed by atoms with Crippen molar-refractivity contribution >= 4 is 35.2 Å². The Morgan fingerprint density at radius 1 is 1.52 bits per heavy atom. The lowest BCUT2D eigenvalue weighted by molar-refractivity contribution is -0.148. The fourth-order valence-corrected chi connectivity index (χ4v) is 3.08. The van der Waals surface area contributed by atoms with Crippen LogP contribution >= 0.6 is 23.4 Å². The molecule has 0 saturated carbocycles. The second kappa shape index (κ2) is 6.68. The molecule has 1 fully saturated rings. The molecule has 21 heavy (non-hydrogen) atoms. The van der Waals surface area contributed by atoms with E-state index in [-0.39, 0.29) is 24.9 Å². The number of thioether (sulfide) groups is 1. The highest BCUT2D eigenvalue weighted by atomic mass is 35.5. The van der Waals surface area contributed by atoms with E-state index < -0.39 is 17.4 Å². The zero-order chi connectivity index (χ0) is 15.5. The molecular formula is C14H16ClNO4S. The van der Waals surface area contributed by atoms with Gasteiger partial charge in [0.2, 0.25) is 5.91 Å². The van der Waals surface area contributed by atoms with Gasteiger partial charge in [-0.2, -0.15) is 0 Å². The molecule has 114 valence electrons. The molecule has 2 atom stereocenters. The van der Waals surface area contributed by atoms with Gasteiger partial charge in [0.05, 0.1) is 30.0 Å². The van der Waals surface area contributed by atoms with Crippen LogP contribution in [0.4, 0.5) is 0 Å². The van der Waals surface area contributed by atoms with E-state index in [1.165, 1.54) is 11.8 Å². The van der Waals surface area contributed by atoms with Crippen LogP contribution < -0.4 is 5.32 Å². The summed E-state index contributed by atoms with van der Waals surface area (Å²) < 4.78 is 5.19. The monoisotopic (exact) mass is 329 g/mol. The van der Waals surface area contributed by atoms with Crippen LogP contribution in [0.5, 0.6) is 0 Å². The number of benzene rings is 1. The highest BCUT2D eigenvalue weighted by Gasteiger charge is 2.47. The molecule has 0 radical (unpaired) electrons. The van der Waals surface area contributed by atoms with Crippen molar-refractivity contribution in [1.29, 1.82) is 0 Å². The van der Waals surface area contributed by atoms with Gasteiger partial charge in [0, 0.05) is 4.90 Å². The summed E-state index contributed by atoms with van der Waals surface area (Å²) in [5.41, 5.74) is -1.08. The Morgan fingerprint density at radius 3 is 2.90 bits per heavy atom. The summed E-state index contributed by atoms with van der Waals surface area (Å²) >= 11 is 7.33. The first-order chi connectivity index (χ1) is 9.93. The number of carboxylic acids is 1. The van der Waals surface area contributed by atoms with Crippen LogP contribution in [0.25, 0.3) is 0 Å². The molecule has 2 unspecified atom stereocenters. The van der Waals surface area contributed by atoms with E-state index in [9.17, 15) is 14.7 Å². The van der Waals surface area contributed by atoms with Crippen molar-refractivity contribution in [2.75, 3.05) is 19.0 Å². The van der Waals surface area contributed by atoms with Crippen LogP contribution in [0, 0.1) is 5.41 Å². The first-order valence-electron chi connectivity index (χ1n) is 6.41. The summed E-state index contributed by atoms with van der Waals surface area (Å²) in [7, 11) is 0. The molecule has 1 aliphatic rings. The van der Waals surface area contributed by atoms with E-state index >= 15 is 0 Å².